The lowest BCUT2D eigenvalue weighted by atomic mass is 9.94. The minimum Gasteiger partial charge on any atom is -0.338 e. The summed E-state index contributed by atoms with van der Waals surface area (Å²) in [6.45, 7) is 0.806. The average Bonchev–Trinajstić information content (AvgIpc) is 3.52. The van der Waals surface area contributed by atoms with E-state index in [2.05, 4.69) is 4.72 Å². The van der Waals surface area contributed by atoms with Gasteiger partial charge in [-0.05, 0) is 54.9 Å². The summed E-state index contributed by atoms with van der Waals surface area (Å²) in [4.78, 5) is 15.1. The summed E-state index contributed by atoms with van der Waals surface area (Å²) in [6, 6.07) is 10.7. The van der Waals surface area contributed by atoms with Crippen molar-refractivity contribution >= 4 is 15.9 Å². The van der Waals surface area contributed by atoms with Crippen LogP contribution in [-0.4, -0.2) is 44.6 Å². The van der Waals surface area contributed by atoms with Crippen LogP contribution in [0.5, 0.6) is 0 Å². The molecule has 4 rings (SSSR count). The number of likely N-dealkylation sites (tertiary alicyclic amines) is 1. The largest absolute Gasteiger partial charge is 0.338 e. The van der Waals surface area contributed by atoms with Gasteiger partial charge in [0.2, 0.25) is 15.9 Å². The number of nitrogens with zero attached hydrogens (tertiary/aromatic N) is 1. The van der Waals surface area contributed by atoms with E-state index in [1.54, 1.807) is 17.0 Å². The molecule has 5 nitrogen and oxygen atoms in total. The Morgan fingerprint density at radius 3 is 2.52 bits per heavy atom. The Balaban J connectivity index is 1.54. The second kappa shape index (κ2) is 8.67. The lowest BCUT2D eigenvalue weighted by molar-refractivity contribution is -0.136. The molecule has 0 bridgehead atoms. The van der Waals surface area contributed by atoms with Crippen LogP contribution in [0.25, 0.3) is 11.1 Å². The lowest BCUT2D eigenvalue weighted by Gasteiger charge is -2.36. The third kappa shape index (κ3) is 4.80. The molecular formula is C23H26F2N2O3S. The topological polar surface area (TPSA) is 66.5 Å². The minimum atomic E-state index is -3.33. The standard InChI is InChI=1S/C23H26F2N2O3S/c1-31(29,30)26-14-15-7-4-5-12-27(15)23(28)19-13-18(19)16-8-2-3-9-17(16)22-20(24)10-6-11-21(22)25/h2-3,6,8-11,15,18-19,26H,4-5,7,12-14H2,1H3. The summed E-state index contributed by atoms with van der Waals surface area (Å²) in [5, 5.41) is 0. The predicted octanol–water partition coefficient (Wildman–Crippen LogP) is 3.67. The summed E-state index contributed by atoms with van der Waals surface area (Å²) in [7, 11) is -3.33. The Bertz CT molecular complexity index is 1070. The second-order valence-electron chi connectivity index (χ2n) is 8.43. The van der Waals surface area contributed by atoms with E-state index >= 15 is 0 Å². The molecule has 166 valence electrons. The molecule has 0 aromatic heterocycles. The number of benzene rings is 2. The first-order valence-electron chi connectivity index (χ1n) is 10.5. The normalized spacial score (nSPS) is 23.6. The molecule has 3 atom stereocenters. The van der Waals surface area contributed by atoms with E-state index in [-0.39, 0.29) is 35.9 Å². The molecule has 1 heterocycles. The minimum absolute atomic E-state index is 0.00573. The van der Waals surface area contributed by atoms with Gasteiger partial charge in [-0.25, -0.2) is 21.9 Å². The molecule has 8 heteroatoms. The summed E-state index contributed by atoms with van der Waals surface area (Å²) < 4.78 is 54.3. The Labute approximate surface area is 181 Å². The number of hydrogen-bond donors (Lipinski definition) is 1. The van der Waals surface area contributed by atoms with Crippen molar-refractivity contribution in [2.45, 2.75) is 37.6 Å². The highest BCUT2D eigenvalue weighted by atomic mass is 32.2. The monoisotopic (exact) mass is 448 g/mol. The third-order valence-electron chi connectivity index (χ3n) is 6.19. The Morgan fingerprint density at radius 1 is 1.10 bits per heavy atom. The van der Waals surface area contributed by atoms with Crippen molar-refractivity contribution in [3.8, 4) is 11.1 Å². The van der Waals surface area contributed by atoms with Gasteiger partial charge in [-0.2, -0.15) is 0 Å². The molecule has 2 aromatic rings. The van der Waals surface area contributed by atoms with Gasteiger partial charge in [0.1, 0.15) is 11.6 Å². The van der Waals surface area contributed by atoms with E-state index in [9.17, 15) is 22.0 Å². The molecule has 2 aromatic carbocycles. The molecule has 1 N–H and O–H groups in total. The Hall–Kier alpha value is -2.32. The van der Waals surface area contributed by atoms with Crippen LogP contribution in [0.1, 0.15) is 37.2 Å². The van der Waals surface area contributed by atoms with Crippen LogP contribution in [0.4, 0.5) is 8.78 Å². The number of hydrogen-bond acceptors (Lipinski definition) is 3. The average molecular weight is 449 g/mol. The molecular weight excluding hydrogens is 422 g/mol. The van der Waals surface area contributed by atoms with Crippen molar-refractivity contribution in [1.82, 2.24) is 9.62 Å². The number of rotatable bonds is 6. The van der Waals surface area contributed by atoms with Crippen molar-refractivity contribution in [1.29, 1.82) is 0 Å². The zero-order valence-electron chi connectivity index (χ0n) is 17.4. The van der Waals surface area contributed by atoms with Crippen LogP contribution in [0.15, 0.2) is 42.5 Å². The van der Waals surface area contributed by atoms with Gasteiger partial charge in [-0.15, -0.1) is 0 Å². The maximum Gasteiger partial charge on any atom is 0.226 e. The number of piperidine rings is 1. The van der Waals surface area contributed by atoms with E-state index in [1.165, 1.54) is 18.2 Å². The fourth-order valence-electron chi connectivity index (χ4n) is 4.58. The van der Waals surface area contributed by atoms with E-state index < -0.39 is 21.7 Å². The van der Waals surface area contributed by atoms with Gasteiger partial charge in [0.05, 0.1) is 11.8 Å². The van der Waals surface area contributed by atoms with E-state index in [4.69, 9.17) is 0 Å². The van der Waals surface area contributed by atoms with Gasteiger partial charge in [-0.3, -0.25) is 4.79 Å². The van der Waals surface area contributed by atoms with Crippen LogP contribution in [0, 0.1) is 17.6 Å². The van der Waals surface area contributed by atoms with Gasteiger partial charge in [-0.1, -0.05) is 30.3 Å². The van der Waals surface area contributed by atoms with E-state index in [0.717, 1.165) is 31.1 Å². The predicted molar refractivity (Wildman–Crippen MR) is 115 cm³/mol. The maximum atomic E-state index is 14.4. The van der Waals surface area contributed by atoms with E-state index in [1.807, 2.05) is 12.1 Å². The first kappa shape index (κ1) is 21.9. The molecule has 1 aliphatic carbocycles. The first-order chi connectivity index (χ1) is 14.8. The molecule has 1 saturated carbocycles. The highest BCUT2D eigenvalue weighted by molar-refractivity contribution is 7.88. The van der Waals surface area contributed by atoms with Crippen LogP contribution in [0.2, 0.25) is 0 Å². The Morgan fingerprint density at radius 2 is 1.81 bits per heavy atom. The summed E-state index contributed by atoms with van der Waals surface area (Å²) >= 11 is 0. The highest BCUT2D eigenvalue weighted by Crippen LogP contribution is 2.52. The quantitative estimate of drug-likeness (QED) is 0.733. The molecule has 2 aliphatic rings. The number of sulfonamides is 1. The lowest BCUT2D eigenvalue weighted by Crippen LogP contribution is -2.49. The third-order valence-corrected chi connectivity index (χ3v) is 6.88. The molecule has 31 heavy (non-hydrogen) atoms. The number of nitrogens with one attached hydrogen (secondary N) is 1. The molecule has 1 aliphatic heterocycles. The molecule has 1 amide bonds. The number of halogens is 2. The summed E-state index contributed by atoms with van der Waals surface area (Å²) in [5.74, 6) is -1.62. The molecule has 0 spiro atoms. The summed E-state index contributed by atoms with van der Waals surface area (Å²) in [5.41, 5.74) is 1.18. The zero-order valence-corrected chi connectivity index (χ0v) is 18.2. The molecule has 1 saturated heterocycles. The SMILES string of the molecule is CS(=O)(=O)NCC1CCCCN1C(=O)C1CC1c1ccccc1-c1c(F)cccc1F. The van der Waals surface area contributed by atoms with Gasteiger partial charge in [0.25, 0.3) is 0 Å². The second-order valence-corrected chi connectivity index (χ2v) is 10.3. The molecule has 3 unspecified atom stereocenters. The fourth-order valence-corrected chi connectivity index (χ4v) is 5.07. The first-order valence-corrected chi connectivity index (χ1v) is 12.4. The van der Waals surface area contributed by atoms with Crippen LogP contribution < -0.4 is 4.72 Å². The fraction of sp³-hybridized carbons (Fsp3) is 0.435. The Kier molecular flexibility index (Phi) is 6.12. The number of carbonyl (C=O) groups is 1. The van der Waals surface area contributed by atoms with E-state index in [0.29, 0.717) is 18.5 Å². The van der Waals surface area contributed by atoms with Crippen molar-refractivity contribution in [3.63, 3.8) is 0 Å². The van der Waals surface area contributed by atoms with Gasteiger partial charge >= 0.3 is 0 Å². The van der Waals surface area contributed by atoms with Gasteiger partial charge in [0.15, 0.2) is 0 Å². The molecule has 2 fully saturated rings. The van der Waals surface area contributed by atoms with Gasteiger partial charge in [0, 0.05) is 25.0 Å². The molecule has 0 radical (unpaired) electrons. The summed E-state index contributed by atoms with van der Waals surface area (Å²) in [6.07, 6.45) is 4.31. The smallest absolute Gasteiger partial charge is 0.226 e. The number of amides is 1. The van der Waals surface area contributed by atoms with Crippen LogP contribution in [0.3, 0.4) is 0 Å². The van der Waals surface area contributed by atoms with Crippen molar-refractivity contribution in [2.24, 2.45) is 5.92 Å². The van der Waals surface area contributed by atoms with Gasteiger partial charge < -0.3 is 4.90 Å². The zero-order chi connectivity index (χ0) is 22.2. The highest BCUT2D eigenvalue weighted by Gasteiger charge is 2.48. The van der Waals surface area contributed by atoms with Crippen LogP contribution in [-0.2, 0) is 14.8 Å². The maximum absolute atomic E-state index is 14.4. The van der Waals surface area contributed by atoms with Crippen molar-refractivity contribution < 1.29 is 22.0 Å². The van der Waals surface area contributed by atoms with Crippen molar-refractivity contribution in [2.75, 3.05) is 19.3 Å². The van der Waals surface area contributed by atoms with Crippen molar-refractivity contribution in [3.05, 3.63) is 59.7 Å². The number of carbonyl (C=O) groups excluding carboxylic acids is 1. The van der Waals surface area contributed by atoms with Crippen LogP contribution >= 0.6 is 0 Å².